The topological polar surface area (TPSA) is 157 Å². The molecule has 3 aromatic rings. The SMILES string of the molecule is CNc1nc(-c2cnc(C(=O)Nc3cccc(F)c3N3CCC[C@@H](N)C3)[nH]2)cc(N2CC(C(=O)NC3CCCCC3)CCC2C)n1. The van der Waals surface area contributed by atoms with Crippen LogP contribution in [0.15, 0.2) is 30.5 Å². The number of anilines is 4. The maximum absolute atomic E-state index is 15.0. The third-order valence-electron chi connectivity index (χ3n) is 9.51. The molecule has 3 aliphatic rings. The Bertz CT molecular complexity index is 1540. The first-order valence-electron chi connectivity index (χ1n) is 16.6. The van der Waals surface area contributed by atoms with E-state index in [9.17, 15) is 9.59 Å². The second-order valence-electron chi connectivity index (χ2n) is 12.9. The molecule has 2 unspecified atom stereocenters. The molecule has 12 nitrogen and oxygen atoms in total. The first-order valence-corrected chi connectivity index (χ1v) is 16.6. The highest BCUT2D eigenvalue weighted by Gasteiger charge is 2.32. The predicted molar refractivity (Wildman–Crippen MR) is 177 cm³/mol. The van der Waals surface area contributed by atoms with Crippen LogP contribution in [-0.4, -0.2) is 76.6 Å². The quantitative estimate of drug-likeness (QED) is 0.245. The lowest BCUT2D eigenvalue weighted by molar-refractivity contribution is -0.126. The highest BCUT2D eigenvalue weighted by atomic mass is 19.1. The van der Waals surface area contributed by atoms with Crippen LogP contribution in [0, 0.1) is 11.7 Å². The maximum atomic E-state index is 15.0. The third kappa shape index (κ3) is 7.09. The number of benzene rings is 1. The van der Waals surface area contributed by atoms with Crippen molar-refractivity contribution < 1.29 is 14.0 Å². The Balaban J connectivity index is 1.19. The van der Waals surface area contributed by atoms with E-state index in [0.29, 0.717) is 54.2 Å². The number of nitrogens with one attached hydrogen (secondary N) is 4. The lowest BCUT2D eigenvalue weighted by atomic mass is 9.91. The molecule has 0 spiro atoms. The zero-order valence-electron chi connectivity index (χ0n) is 26.7. The van der Waals surface area contributed by atoms with Gasteiger partial charge in [-0.25, -0.2) is 14.4 Å². The van der Waals surface area contributed by atoms with Crippen molar-refractivity contribution in [1.82, 2.24) is 25.3 Å². The molecule has 246 valence electrons. The summed E-state index contributed by atoms with van der Waals surface area (Å²) < 4.78 is 15.0. The van der Waals surface area contributed by atoms with Crippen molar-refractivity contribution in [2.45, 2.75) is 82.8 Å². The van der Waals surface area contributed by atoms with E-state index in [4.69, 9.17) is 10.7 Å². The Labute approximate surface area is 269 Å². The molecule has 13 heteroatoms. The second-order valence-corrected chi connectivity index (χ2v) is 12.9. The van der Waals surface area contributed by atoms with Crippen LogP contribution in [0.5, 0.6) is 0 Å². The van der Waals surface area contributed by atoms with Crippen LogP contribution < -0.4 is 31.5 Å². The molecule has 1 saturated carbocycles. The van der Waals surface area contributed by atoms with Crippen molar-refractivity contribution in [3.63, 3.8) is 0 Å². The molecule has 46 heavy (non-hydrogen) atoms. The molecule has 1 aliphatic carbocycles. The number of aromatic amines is 1. The number of aromatic nitrogens is 4. The zero-order valence-corrected chi connectivity index (χ0v) is 26.7. The van der Waals surface area contributed by atoms with E-state index in [2.05, 4.69) is 42.7 Å². The number of nitrogens with zero attached hydrogens (tertiary/aromatic N) is 5. The van der Waals surface area contributed by atoms with Crippen LogP contribution in [0.4, 0.5) is 27.5 Å². The van der Waals surface area contributed by atoms with Crippen LogP contribution in [-0.2, 0) is 4.79 Å². The molecule has 2 amide bonds. The summed E-state index contributed by atoms with van der Waals surface area (Å²) >= 11 is 0. The number of nitrogens with two attached hydrogens (primary N) is 1. The van der Waals surface area contributed by atoms with Gasteiger partial charge in [-0.3, -0.25) is 9.59 Å². The van der Waals surface area contributed by atoms with Crippen LogP contribution in [0.1, 0.15) is 75.3 Å². The van der Waals surface area contributed by atoms with E-state index in [1.807, 2.05) is 11.0 Å². The molecular weight excluding hydrogens is 587 g/mol. The van der Waals surface area contributed by atoms with Gasteiger partial charge in [0.25, 0.3) is 5.91 Å². The van der Waals surface area contributed by atoms with Gasteiger partial charge in [0.2, 0.25) is 11.9 Å². The van der Waals surface area contributed by atoms with Crippen molar-refractivity contribution in [3.8, 4) is 11.4 Å². The molecule has 3 atom stereocenters. The van der Waals surface area contributed by atoms with Gasteiger partial charge in [0.15, 0.2) is 5.82 Å². The number of rotatable bonds is 8. The summed E-state index contributed by atoms with van der Waals surface area (Å²) in [6.45, 7) is 3.88. The Morgan fingerprint density at radius 1 is 1.04 bits per heavy atom. The summed E-state index contributed by atoms with van der Waals surface area (Å²) in [5.41, 5.74) is 7.93. The van der Waals surface area contributed by atoms with E-state index >= 15 is 4.39 Å². The van der Waals surface area contributed by atoms with Gasteiger partial charge < -0.3 is 36.5 Å². The van der Waals surface area contributed by atoms with Crippen molar-refractivity contribution >= 4 is 35.0 Å². The normalized spacial score (nSPS) is 22.4. The van der Waals surface area contributed by atoms with E-state index in [-0.39, 0.29) is 35.8 Å². The number of piperidine rings is 2. The summed E-state index contributed by atoms with van der Waals surface area (Å²) in [7, 11) is 1.75. The molecular formula is C33H45FN10O2. The largest absolute Gasteiger partial charge is 0.366 e. The fraction of sp³-hybridized carbons (Fsp3) is 0.545. The number of imidazole rings is 1. The highest BCUT2D eigenvalue weighted by molar-refractivity contribution is 6.04. The lowest BCUT2D eigenvalue weighted by Crippen LogP contribution is -2.49. The molecule has 0 radical (unpaired) electrons. The van der Waals surface area contributed by atoms with Gasteiger partial charge in [-0.05, 0) is 57.6 Å². The van der Waals surface area contributed by atoms with Crippen LogP contribution >= 0.6 is 0 Å². The smallest absolute Gasteiger partial charge is 0.291 e. The molecule has 1 aromatic carbocycles. The number of para-hydroxylation sites is 1. The van der Waals surface area contributed by atoms with Crippen LogP contribution in [0.3, 0.4) is 0 Å². The number of hydrogen-bond donors (Lipinski definition) is 5. The molecule has 6 rings (SSSR count). The summed E-state index contributed by atoms with van der Waals surface area (Å²) in [5, 5.41) is 9.17. The lowest BCUT2D eigenvalue weighted by Gasteiger charge is -2.39. The van der Waals surface area contributed by atoms with Crippen molar-refractivity contribution in [2.75, 3.05) is 47.1 Å². The summed E-state index contributed by atoms with van der Waals surface area (Å²) in [5.74, 6) is 0.267. The van der Waals surface area contributed by atoms with Gasteiger partial charge in [-0.15, -0.1) is 0 Å². The minimum Gasteiger partial charge on any atom is -0.366 e. The second kappa shape index (κ2) is 14.0. The van der Waals surface area contributed by atoms with Gasteiger partial charge in [-0.1, -0.05) is 25.3 Å². The van der Waals surface area contributed by atoms with Gasteiger partial charge in [0.05, 0.1) is 34.9 Å². The third-order valence-corrected chi connectivity index (χ3v) is 9.51. The Morgan fingerprint density at radius 2 is 1.87 bits per heavy atom. The summed E-state index contributed by atoms with van der Waals surface area (Å²) in [4.78, 5) is 47.4. The minimum atomic E-state index is -0.501. The number of carbonyl (C=O) groups excluding carboxylic acids is 2. The van der Waals surface area contributed by atoms with Gasteiger partial charge in [0.1, 0.15) is 11.6 Å². The monoisotopic (exact) mass is 632 g/mol. The Kier molecular flexibility index (Phi) is 9.67. The first kappa shape index (κ1) is 31.7. The molecule has 2 aromatic heterocycles. The van der Waals surface area contributed by atoms with Crippen molar-refractivity contribution in [2.24, 2.45) is 11.7 Å². The Morgan fingerprint density at radius 3 is 2.65 bits per heavy atom. The zero-order chi connectivity index (χ0) is 32.2. The summed E-state index contributed by atoms with van der Waals surface area (Å²) in [6, 6.07) is 6.90. The number of amides is 2. The van der Waals surface area contributed by atoms with E-state index < -0.39 is 11.7 Å². The van der Waals surface area contributed by atoms with E-state index in [1.165, 1.54) is 25.3 Å². The van der Waals surface area contributed by atoms with Gasteiger partial charge in [0, 0.05) is 50.9 Å². The fourth-order valence-corrected chi connectivity index (χ4v) is 6.94. The standard InChI is InChI=1S/C33H45FN10O2/c1-20-13-14-21(31(45)38-23-9-4-3-5-10-23)18-44(20)28-16-26(41-33(36-2)42-28)27-17-37-30(39-27)32(46)40-25-12-6-11-24(34)29(25)43-15-7-8-22(35)19-43/h6,11-12,16-17,20-23H,3-5,7-10,13-15,18-19,35H2,1-2H3,(H,37,39)(H,38,45)(H,40,46)(H,36,41,42)/t20?,21?,22-/m1/s1. The van der Waals surface area contributed by atoms with E-state index in [0.717, 1.165) is 38.5 Å². The van der Waals surface area contributed by atoms with Crippen molar-refractivity contribution in [3.05, 3.63) is 42.1 Å². The number of hydrogen-bond acceptors (Lipinski definition) is 9. The number of H-pyrrole nitrogens is 1. The molecule has 0 bridgehead atoms. The first-order chi connectivity index (χ1) is 22.3. The average molecular weight is 633 g/mol. The predicted octanol–water partition coefficient (Wildman–Crippen LogP) is 4.28. The summed E-state index contributed by atoms with van der Waals surface area (Å²) in [6.07, 6.45) is 10.7. The molecule has 6 N–H and O–H groups in total. The van der Waals surface area contributed by atoms with Crippen LogP contribution in [0.25, 0.3) is 11.4 Å². The van der Waals surface area contributed by atoms with Crippen molar-refractivity contribution in [1.29, 1.82) is 0 Å². The molecule has 2 saturated heterocycles. The van der Waals surface area contributed by atoms with Gasteiger partial charge in [-0.2, -0.15) is 4.98 Å². The average Bonchev–Trinajstić information content (AvgIpc) is 3.56. The minimum absolute atomic E-state index is 0.0534. The molecule has 3 fully saturated rings. The number of halogens is 1. The number of carbonyl (C=O) groups is 2. The van der Waals surface area contributed by atoms with Gasteiger partial charge >= 0.3 is 0 Å². The van der Waals surface area contributed by atoms with E-state index in [1.54, 1.807) is 25.4 Å². The molecule has 4 heterocycles. The highest BCUT2D eigenvalue weighted by Crippen LogP contribution is 2.33. The fourth-order valence-electron chi connectivity index (χ4n) is 6.94. The molecule has 2 aliphatic heterocycles. The van der Waals surface area contributed by atoms with Crippen LogP contribution in [0.2, 0.25) is 0 Å². The maximum Gasteiger partial charge on any atom is 0.291 e. The Hall–Kier alpha value is -4.26.